The van der Waals surface area contributed by atoms with E-state index in [4.69, 9.17) is 0 Å². The standard InChI is InChI=1S/C35H30N2/c1-36(2)24-20-23(21-25(22-24)37(3)4)26-15-11-16-30-29-14-7-10-19-33(29)35(34(26)30)31-17-8-5-12-27(31)28-13-6-9-18-32(28)35/h5-22H,1-4H3. The normalized spacial score (nSPS) is 13.6. The molecule has 0 saturated heterocycles. The lowest BCUT2D eigenvalue weighted by Gasteiger charge is -2.32. The molecule has 7 rings (SSSR count). The molecule has 0 atom stereocenters. The quantitative estimate of drug-likeness (QED) is 0.255. The second-order valence-electron chi connectivity index (χ2n) is 10.6. The Hall–Kier alpha value is -4.30. The maximum Gasteiger partial charge on any atom is 0.0731 e. The van der Waals surface area contributed by atoms with E-state index in [-0.39, 0.29) is 5.41 Å². The zero-order chi connectivity index (χ0) is 25.3. The molecule has 1 spiro atoms. The lowest BCUT2D eigenvalue weighted by Crippen LogP contribution is -2.26. The average Bonchev–Trinajstić information content (AvgIpc) is 3.40. The van der Waals surface area contributed by atoms with Gasteiger partial charge in [-0.2, -0.15) is 0 Å². The highest BCUT2D eigenvalue weighted by molar-refractivity contribution is 5.99. The first kappa shape index (κ1) is 21.9. The van der Waals surface area contributed by atoms with E-state index in [9.17, 15) is 0 Å². The molecule has 2 aliphatic rings. The lowest BCUT2D eigenvalue weighted by atomic mass is 9.68. The van der Waals surface area contributed by atoms with E-state index in [1.165, 1.54) is 67.0 Å². The lowest BCUT2D eigenvalue weighted by molar-refractivity contribution is 0.795. The van der Waals surface area contributed by atoms with Crippen molar-refractivity contribution < 1.29 is 0 Å². The van der Waals surface area contributed by atoms with Crippen LogP contribution in [0.1, 0.15) is 22.3 Å². The maximum atomic E-state index is 2.35. The number of hydrogen-bond acceptors (Lipinski definition) is 2. The third-order valence-corrected chi connectivity index (χ3v) is 8.26. The summed E-state index contributed by atoms with van der Waals surface area (Å²) in [6.07, 6.45) is 0. The first-order valence-electron chi connectivity index (χ1n) is 12.9. The van der Waals surface area contributed by atoms with E-state index in [0.29, 0.717) is 0 Å². The smallest absolute Gasteiger partial charge is 0.0731 e. The highest BCUT2D eigenvalue weighted by atomic mass is 15.1. The van der Waals surface area contributed by atoms with Gasteiger partial charge in [0.1, 0.15) is 0 Å². The summed E-state index contributed by atoms with van der Waals surface area (Å²) < 4.78 is 0. The molecule has 0 unspecified atom stereocenters. The van der Waals surface area contributed by atoms with Crippen LogP contribution >= 0.6 is 0 Å². The fraction of sp³-hybridized carbons (Fsp3) is 0.143. The number of benzene rings is 5. The van der Waals surface area contributed by atoms with Gasteiger partial charge >= 0.3 is 0 Å². The van der Waals surface area contributed by atoms with Gasteiger partial charge in [0.15, 0.2) is 0 Å². The summed E-state index contributed by atoms with van der Waals surface area (Å²) in [5.74, 6) is 0. The second kappa shape index (κ2) is 7.85. The van der Waals surface area contributed by atoms with Gasteiger partial charge in [0.05, 0.1) is 5.41 Å². The molecule has 2 nitrogen and oxygen atoms in total. The third-order valence-electron chi connectivity index (χ3n) is 8.26. The van der Waals surface area contributed by atoms with Crippen molar-refractivity contribution >= 4 is 11.4 Å². The van der Waals surface area contributed by atoms with E-state index in [0.717, 1.165) is 0 Å². The number of hydrogen-bond donors (Lipinski definition) is 0. The molecular weight excluding hydrogens is 448 g/mol. The molecule has 0 aliphatic heterocycles. The van der Waals surface area contributed by atoms with Crippen LogP contribution in [0.3, 0.4) is 0 Å². The van der Waals surface area contributed by atoms with E-state index in [1.54, 1.807) is 0 Å². The Labute approximate surface area is 219 Å². The number of rotatable bonds is 3. The molecule has 0 saturated carbocycles. The van der Waals surface area contributed by atoms with Gasteiger partial charge in [-0.25, -0.2) is 0 Å². The summed E-state index contributed by atoms with van der Waals surface area (Å²) in [6.45, 7) is 0. The van der Waals surface area contributed by atoms with Crippen molar-refractivity contribution in [3.8, 4) is 33.4 Å². The van der Waals surface area contributed by atoms with Crippen LogP contribution in [0.25, 0.3) is 33.4 Å². The number of fused-ring (bicyclic) bond motifs is 10. The predicted molar refractivity (Wildman–Crippen MR) is 157 cm³/mol. The topological polar surface area (TPSA) is 6.48 Å². The van der Waals surface area contributed by atoms with Gasteiger partial charge in [-0.05, 0) is 73.8 Å². The van der Waals surface area contributed by atoms with Gasteiger partial charge in [-0.3, -0.25) is 0 Å². The molecular formula is C35H30N2. The Morgan fingerprint density at radius 3 is 1.32 bits per heavy atom. The van der Waals surface area contributed by atoms with Crippen LogP contribution in [0, 0.1) is 0 Å². The molecule has 180 valence electrons. The van der Waals surface area contributed by atoms with Crippen molar-refractivity contribution in [3.05, 3.63) is 131 Å². The Morgan fingerprint density at radius 1 is 0.432 bits per heavy atom. The van der Waals surface area contributed by atoms with Crippen molar-refractivity contribution in [1.82, 2.24) is 0 Å². The first-order chi connectivity index (χ1) is 18.0. The highest BCUT2D eigenvalue weighted by Crippen LogP contribution is 2.64. The molecule has 0 N–H and O–H groups in total. The zero-order valence-corrected chi connectivity index (χ0v) is 21.8. The van der Waals surface area contributed by atoms with Gasteiger partial charge in [-0.1, -0.05) is 91.0 Å². The van der Waals surface area contributed by atoms with Crippen molar-refractivity contribution in [1.29, 1.82) is 0 Å². The van der Waals surface area contributed by atoms with Crippen molar-refractivity contribution in [2.75, 3.05) is 38.0 Å². The van der Waals surface area contributed by atoms with E-state index < -0.39 is 0 Å². The fourth-order valence-corrected chi connectivity index (χ4v) is 6.66. The van der Waals surface area contributed by atoms with Crippen LogP contribution in [-0.4, -0.2) is 28.2 Å². The van der Waals surface area contributed by atoms with Crippen LogP contribution in [0.5, 0.6) is 0 Å². The number of anilines is 2. The summed E-state index contributed by atoms with van der Waals surface area (Å²) in [7, 11) is 8.48. The van der Waals surface area contributed by atoms with Crippen LogP contribution < -0.4 is 9.80 Å². The molecule has 0 fully saturated rings. The van der Waals surface area contributed by atoms with Gasteiger partial charge in [-0.15, -0.1) is 0 Å². The van der Waals surface area contributed by atoms with Crippen LogP contribution in [0.2, 0.25) is 0 Å². The predicted octanol–water partition coefficient (Wildman–Crippen LogP) is 7.83. The minimum atomic E-state index is -0.345. The largest absolute Gasteiger partial charge is 0.378 e. The number of nitrogens with zero attached hydrogens (tertiary/aromatic N) is 2. The summed E-state index contributed by atoms with van der Waals surface area (Å²) >= 11 is 0. The van der Waals surface area contributed by atoms with Crippen LogP contribution in [-0.2, 0) is 5.41 Å². The summed E-state index contributed by atoms with van der Waals surface area (Å²) in [6, 6.07) is 40.9. The zero-order valence-electron chi connectivity index (χ0n) is 21.8. The molecule has 5 aromatic carbocycles. The molecule has 0 amide bonds. The average molecular weight is 479 g/mol. The molecule has 0 aromatic heterocycles. The SMILES string of the molecule is CN(C)c1cc(-c2cccc3c2C2(c4ccccc4-c4ccccc42)c2ccccc2-3)cc(N(C)C)c1. The van der Waals surface area contributed by atoms with E-state index >= 15 is 0 Å². The first-order valence-corrected chi connectivity index (χ1v) is 12.9. The third kappa shape index (κ3) is 2.87. The molecule has 2 heteroatoms. The Bertz CT molecular complexity index is 1600. The molecule has 5 aromatic rings. The summed E-state index contributed by atoms with van der Waals surface area (Å²) in [5, 5.41) is 0. The molecule has 0 heterocycles. The van der Waals surface area contributed by atoms with E-state index in [1.807, 2.05) is 0 Å². The van der Waals surface area contributed by atoms with Gasteiger partial charge in [0.25, 0.3) is 0 Å². The van der Waals surface area contributed by atoms with Gasteiger partial charge in [0.2, 0.25) is 0 Å². The Kier molecular flexibility index (Phi) is 4.65. The monoisotopic (exact) mass is 478 g/mol. The van der Waals surface area contributed by atoms with Crippen molar-refractivity contribution in [3.63, 3.8) is 0 Å². The Morgan fingerprint density at radius 2 is 0.838 bits per heavy atom. The highest BCUT2D eigenvalue weighted by Gasteiger charge is 2.52. The Balaban J connectivity index is 1.64. The van der Waals surface area contributed by atoms with Gasteiger partial charge in [0, 0.05) is 39.6 Å². The molecule has 0 bridgehead atoms. The maximum absolute atomic E-state index is 2.35. The van der Waals surface area contributed by atoms with E-state index in [2.05, 4.69) is 147 Å². The molecule has 37 heavy (non-hydrogen) atoms. The summed E-state index contributed by atoms with van der Waals surface area (Å²) in [5.41, 5.74) is 15.5. The summed E-state index contributed by atoms with van der Waals surface area (Å²) in [4.78, 5) is 4.40. The minimum Gasteiger partial charge on any atom is -0.378 e. The van der Waals surface area contributed by atoms with Gasteiger partial charge < -0.3 is 9.80 Å². The molecule has 0 radical (unpaired) electrons. The minimum absolute atomic E-state index is 0.345. The van der Waals surface area contributed by atoms with Crippen LogP contribution in [0.15, 0.2) is 109 Å². The van der Waals surface area contributed by atoms with Crippen LogP contribution in [0.4, 0.5) is 11.4 Å². The molecule has 2 aliphatic carbocycles. The van der Waals surface area contributed by atoms with Crippen molar-refractivity contribution in [2.45, 2.75) is 5.41 Å². The van der Waals surface area contributed by atoms with Crippen molar-refractivity contribution in [2.24, 2.45) is 0 Å². The second-order valence-corrected chi connectivity index (χ2v) is 10.6. The fourth-order valence-electron chi connectivity index (χ4n) is 6.66.